The molecule has 0 radical (unpaired) electrons. The van der Waals surface area contributed by atoms with E-state index in [-0.39, 0.29) is 4.90 Å². The van der Waals surface area contributed by atoms with Gasteiger partial charge in [0.1, 0.15) is 5.82 Å². The molecular weight excluding hydrogens is 263 g/mol. The maximum absolute atomic E-state index is 12.7. The molecule has 0 aliphatic heterocycles. The Bertz CT molecular complexity index is 790. The number of hydrogen-bond donors (Lipinski definition) is 1. The van der Waals surface area contributed by atoms with Gasteiger partial charge in [-0.15, -0.1) is 0 Å². The summed E-state index contributed by atoms with van der Waals surface area (Å²) < 4.78 is 37.1. The largest absolute Gasteiger partial charge is 0.342 e. The summed E-state index contributed by atoms with van der Waals surface area (Å²) >= 11 is 0. The molecule has 0 atom stereocenters. The highest BCUT2D eigenvalue weighted by Gasteiger charge is 2.18. The molecule has 0 amide bonds. The highest BCUT2D eigenvalue weighted by Crippen LogP contribution is 2.11. The van der Waals surface area contributed by atoms with Gasteiger partial charge in [0.2, 0.25) is 0 Å². The van der Waals surface area contributed by atoms with Gasteiger partial charge in [-0.1, -0.05) is 0 Å². The average Bonchev–Trinajstić information content (AvgIpc) is 2.29. The van der Waals surface area contributed by atoms with Crippen LogP contribution in [0, 0.1) is 5.82 Å². The smallest absolute Gasteiger partial charge is 0.273 e. The summed E-state index contributed by atoms with van der Waals surface area (Å²) in [6, 6.07) is 4.89. The first-order valence-corrected chi connectivity index (χ1v) is 6.18. The van der Waals surface area contributed by atoms with Crippen LogP contribution in [-0.2, 0) is 10.0 Å². The quantitative estimate of drug-likeness (QED) is 0.826. The zero-order valence-electron chi connectivity index (χ0n) is 8.83. The summed E-state index contributed by atoms with van der Waals surface area (Å²) in [4.78, 5) is 23.8. The Morgan fingerprint density at radius 1 is 1.06 bits per heavy atom. The molecule has 8 heteroatoms. The molecule has 2 rings (SSSR count). The summed E-state index contributed by atoms with van der Waals surface area (Å²) in [5.41, 5.74) is -1.78. The standard InChI is InChI=1S/C10H7FN2O4S/c11-7-1-3-8(4-2-7)18(16,17)13-6-5-9(14)12-10(13)15/h1-6H,(H,12,14,15). The molecule has 0 bridgehead atoms. The van der Waals surface area contributed by atoms with Crippen LogP contribution >= 0.6 is 0 Å². The predicted molar refractivity (Wildman–Crippen MR) is 60.3 cm³/mol. The monoisotopic (exact) mass is 270 g/mol. The van der Waals surface area contributed by atoms with Gasteiger partial charge in [0, 0.05) is 12.3 Å². The van der Waals surface area contributed by atoms with E-state index in [2.05, 4.69) is 0 Å². The summed E-state index contributed by atoms with van der Waals surface area (Å²) in [5.74, 6) is -0.595. The van der Waals surface area contributed by atoms with Crippen molar-refractivity contribution in [3.63, 3.8) is 0 Å². The third-order valence-electron chi connectivity index (χ3n) is 2.16. The van der Waals surface area contributed by atoms with Gasteiger partial charge in [0.05, 0.1) is 4.90 Å². The Hall–Kier alpha value is -2.22. The normalized spacial score (nSPS) is 11.4. The molecule has 1 heterocycles. The zero-order valence-corrected chi connectivity index (χ0v) is 9.65. The fraction of sp³-hybridized carbons (Fsp3) is 0. The van der Waals surface area contributed by atoms with Gasteiger partial charge in [0.25, 0.3) is 15.6 Å². The van der Waals surface area contributed by atoms with Crippen LogP contribution in [-0.4, -0.2) is 17.4 Å². The first kappa shape index (κ1) is 12.2. The molecule has 0 aliphatic rings. The number of aromatic amines is 1. The van der Waals surface area contributed by atoms with E-state index in [0.717, 1.165) is 36.5 Å². The van der Waals surface area contributed by atoms with Crippen molar-refractivity contribution in [2.75, 3.05) is 0 Å². The third kappa shape index (κ3) is 2.09. The van der Waals surface area contributed by atoms with Crippen molar-refractivity contribution in [1.29, 1.82) is 0 Å². The van der Waals surface area contributed by atoms with Gasteiger partial charge >= 0.3 is 5.69 Å². The lowest BCUT2D eigenvalue weighted by Gasteiger charge is -2.05. The van der Waals surface area contributed by atoms with E-state index >= 15 is 0 Å². The van der Waals surface area contributed by atoms with Crippen LogP contribution in [0.4, 0.5) is 4.39 Å². The van der Waals surface area contributed by atoms with Crippen LogP contribution in [0.25, 0.3) is 0 Å². The fourth-order valence-corrected chi connectivity index (χ4v) is 2.51. The molecule has 0 spiro atoms. The van der Waals surface area contributed by atoms with Crippen molar-refractivity contribution in [3.8, 4) is 0 Å². The predicted octanol–water partition coefficient (Wildman–Crippen LogP) is -0.0873. The SMILES string of the molecule is O=c1ccn(S(=O)(=O)c2ccc(F)cc2)c(=O)[nH]1. The van der Waals surface area contributed by atoms with Crippen molar-refractivity contribution < 1.29 is 12.8 Å². The highest BCUT2D eigenvalue weighted by atomic mass is 32.2. The van der Waals surface area contributed by atoms with Crippen LogP contribution in [0.15, 0.2) is 51.0 Å². The highest BCUT2D eigenvalue weighted by molar-refractivity contribution is 7.90. The van der Waals surface area contributed by atoms with Gasteiger partial charge in [0.15, 0.2) is 0 Å². The van der Waals surface area contributed by atoms with Crippen LogP contribution in [0.5, 0.6) is 0 Å². The molecular formula is C10H7FN2O4S. The Morgan fingerprint density at radius 3 is 2.22 bits per heavy atom. The number of nitrogens with zero attached hydrogens (tertiary/aromatic N) is 1. The maximum atomic E-state index is 12.7. The Kier molecular flexibility index (Phi) is 2.87. The second-order valence-electron chi connectivity index (χ2n) is 3.36. The summed E-state index contributed by atoms with van der Waals surface area (Å²) in [6.07, 6.45) is 0.847. The lowest BCUT2D eigenvalue weighted by molar-refractivity contribution is 0.582. The number of hydrogen-bond acceptors (Lipinski definition) is 4. The van der Waals surface area contributed by atoms with Crippen LogP contribution in [0.3, 0.4) is 0 Å². The number of H-pyrrole nitrogens is 1. The average molecular weight is 270 g/mol. The number of rotatable bonds is 2. The topological polar surface area (TPSA) is 89.0 Å². The van der Waals surface area contributed by atoms with Gasteiger partial charge in [-0.05, 0) is 24.3 Å². The molecule has 2 aromatic rings. The summed E-state index contributed by atoms with van der Waals surface area (Å²) in [5, 5.41) is 0. The molecule has 1 aromatic carbocycles. The molecule has 1 N–H and O–H groups in total. The van der Waals surface area contributed by atoms with Crippen molar-refractivity contribution in [2.24, 2.45) is 0 Å². The van der Waals surface area contributed by atoms with E-state index in [1.54, 1.807) is 0 Å². The number of halogens is 1. The number of nitrogens with one attached hydrogen (secondary N) is 1. The van der Waals surface area contributed by atoms with Crippen LogP contribution in [0.1, 0.15) is 0 Å². The van der Waals surface area contributed by atoms with E-state index in [1.807, 2.05) is 4.98 Å². The zero-order chi connectivity index (χ0) is 13.3. The van der Waals surface area contributed by atoms with E-state index in [0.29, 0.717) is 3.97 Å². The molecule has 6 nitrogen and oxygen atoms in total. The second-order valence-corrected chi connectivity index (χ2v) is 5.18. The third-order valence-corrected chi connectivity index (χ3v) is 3.84. The van der Waals surface area contributed by atoms with Crippen molar-refractivity contribution >= 4 is 10.0 Å². The molecule has 0 saturated heterocycles. The van der Waals surface area contributed by atoms with E-state index < -0.39 is 27.1 Å². The molecule has 0 aliphatic carbocycles. The number of aromatic nitrogens is 2. The minimum Gasteiger partial charge on any atom is -0.273 e. The van der Waals surface area contributed by atoms with Gasteiger partial charge in [-0.25, -0.2) is 17.6 Å². The van der Waals surface area contributed by atoms with Gasteiger partial charge in [-0.2, -0.15) is 3.97 Å². The molecule has 0 fully saturated rings. The van der Waals surface area contributed by atoms with Gasteiger partial charge < -0.3 is 0 Å². The first-order valence-electron chi connectivity index (χ1n) is 4.74. The molecule has 1 aromatic heterocycles. The van der Waals surface area contributed by atoms with Crippen LogP contribution in [0.2, 0.25) is 0 Å². The summed E-state index contributed by atoms with van der Waals surface area (Å²) in [6.45, 7) is 0. The number of benzene rings is 1. The Labute approximate surface area is 100 Å². The fourth-order valence-electron chi connectivity index (χ4n) is 1.31. The lowest BCUT2D eigenvalue weighted by Crippen LogP contribution is -2.33. The Morgan fingerprint density at radius 2 is 1.67 bits per heavy atom. The lowest BCUT2D eigenvalue weighted by atomic mass is 10.4. The summed E-state index contributed by atoms with van der Waals surface area (Å²) in [7, 11) is -4.14. The van der Waals surface area contributed by atoms with E-state index in [4.69, 9.17) is 0 Å². The first-order chi connectivity index (χ1) is 8.41. The Balaban J connectivity index is 2.65. The van der Waals surface area contributed by atoms with Crippen molar-refractivity contribution in [3.05, 3.63) is 63.2 Å². The van der Waals surface area contributed by atoms with Gasteiger partial charge in [-0.3, -0.25) is 9.78 Å². The van der Waals surface area contributed by atoms with E-state index in [9.17, 15) is 22.4 Å². The minimum absolute atomic E-state index is 0.252. The van der Waals surface area contributed by atoms with Crippen molar-refractivity contribution in [2.45, 2.75) is 4.90 Å². The van der Waals surface area contributed by atoms with E-state index in [1.165, 1.54) is 0 Å². The maximum Gasteiger partial charge on any atom is 0.342 e. The van der Waals surface area contributed by atoms with Crippen LogP contribution < -0.4 is 11.2 Å². The second kappa shape index (κ2) is 4.22. The molecule has 18 heavy (non-hydrogen) atoms. The molecule has 94 valence electrons. The minimum atomic E-state index is -4.14. The van der Waals surface area contributed by atoms with Crippen molar-refractivity contribution in [1.82, 2.24) is 8.96 Å². The molecule has 0 saturated carbocycles. The molecule has 0 unspecified atom stereocenters.